The van der Waals surface area contributed by atoms with E-state index in [0.717, 1.165) is 8.92 Å². The molecule has 3 atom stereocenters. The third kappa shape index (κ3) is 5.70. The fourth-order valence-corrected chi connectivity index (χ4v) is 12.0. The third-order valence-electron chi connectivity index (χ3n) is 5.80. The minimum atomic E-state index is -1.16. The van der Waals surface area contributed by atoms with E-state index in [1.54, 1.807) is 6.92 Å². The van der Waals surface area contributed by atoms with Gasteiger partial charge in [0.1, 0.15) is 0 Å². The van der Waals surface area contributed by atoms with Gasteiger partial charge in [0.15, 0.2) is 0 Å². The van der Waals surface area contributed by atoms with Gasteiger partial charge in [-0.1, -0.05) is 0 Å². The number of ether oxygens (including phenoxy) is 3. The van der Waals surface area contributed by atoms with Crippen molar-refractivity contribution in [2.75, 3.05) is 20.8 Å². The van der Waals surface area contributed by atoms with Crippen LogP contribution in [0.5, 0.6) is 0 Å². The summed E-state index contributed by atoms with van der Waals surface area (Å²) in [7, 11) is 2.66. The summed E-state index contributed by atoms with van der Waals surface area (Å²) < 4.78 is 17.8. The number of carbonyl (C=O) groups is 3. The molecule has 0 radical (unpaired) electrons. The summed E-state index contributed by atoms with van der Waals surface area (Å²) in [5.74, 6) is -2.65. The molecule has 0 aliphatic heterocycles. The second-order valence-electron chi connectivity index (χ2n) is 7.69. The van der Waals surface area contributed by atoms with Crippen molar-refractivity contribution in [2.45, 2.75) is 23.5 Å². The summed E-state index contributed by atoms with van der Waals surface area (Å²) in [6.07, 6.45) is 0.427. The summed E-state index contributed by atoms with van der Waals surface area (Å²) in [6, 6.07) is 20.0. The first-order valence-corrected chi connectivity index (χ1v) is 14.4. The molecule has 6 nitrogen and oxygen atoms in total. The number of methoxy groups -OCH3 is 2. The van der Waals surface area contributed by atoms with E-state index < -0.39 is 35.2 Å². The Balaban J connectivity index is 2.14. The summed E-state index contributed by atoms with van der Waals surface area (Å²) in [5, 5.41) is 0. The van der Waals surface area contributed by atoms with Gasteiger partial charge < -0.3 is 0 Å². The quantitative estimate of drug-likeness (QED) is 0.255. The van der Waals surface area contributed by atoms with Crippen LogP contribution in [0.4, 0.5) is 0 Å². The second-order valence-corrected chi connectivity index (χ2v) is 14.1. The minimum absolute atomic E-state index is 0.152. The Kier molecular flexibility index (Phi) is 9.16. The average Bonchev–Trinajstić information content (AvgIpc) is 3.26. The van der Waals surface area contributed by atoms with Gasteiger partial charge in [-0.25, -0.2) is 0 Å². The molecule has 0 unspecified atom stereocenters. The van der Waals surface area contributed by atoms with Crippen LogP contribution in [-0.2, 0) is 28.6 Å². The molecule has 2 aromatic carbocycles. The van der Waals surface area contributed by atoms with Crippen LogP contribution in [-0.4, -0.2) is 68.6 Å². The Labute approximate surface area is 207 Å². The van der Waals surface area contributed by atoms with Gasteiger partial charge in [0, 0.05) is 0 Å². The molecule has 1 aliphatic carbocycles. The van der Waals surface area contributed by atoms with Crippen molar-refractivity contribution in [2.24, 2.45) is 17.3 Å². The molecule has 33 heavy (non-hydrogen) atoms. The summed E-state index contributed by atoms with van der Waals surface area (Å²) in [6.45, 7) is 1.95. The van der Waals surface area contributed by atoms with Crippen LogP contribution in [0.2, 0.25) is 3.71 Å². The van der Waals surface area contributed by atoms with Gasteiger partial charge in [0.2, 0.25) is 0 Å². The molecule has 0 N–H and O–H groups in total. The van der Waals surface area contributed by atoms with Crippen LogP contribution < -0.4 is 8.92 Å². The number of hydrogen-bond acceptors (Lipinski definition) is 6. The van der Waals surface area contributed by atoms with Crippen LogP contribution in [0.1, 0.15) is 19.8 Å². The van der Waals surface area contributed by atoms with Crippen molar-refractivity contribution >= 4 is 56.7 Å². The van der Waals surface area contributed by atoms with Crippen LogP contribution in [0.3, 0.4) is 0 Å². The van der Waals surface area contributed by atoms with Gasteiger partial charge in [-0.3, -0.25) is 0 Å². The van der Waals surface area contributed by atoms with Crippen LogP contribution >= 0.6 is 0 Å². The number of rotatable bonds is 9. The van der Waals surface area contributed by atoms with Crippen molar-refractivity contribution < 1.29 is 28.6 Å². The van der Waals surface area contributed by atoms with E-state index in [1.165, 1.54) is 14.2 Å². The van der Waals surface area contributed by atoms with Crippen LogP contribution in [0.15, 0.2) is 60.7 Å². The summed E-state index contributed by atoms with van der Waals surface area (Å²) in [4.78, 5) is 39.3. The van der Waals surface area contributed by atoms with Gasteiger partial charge in [-0.15, -0.1) is 0 Å². The molecule has 1 saturated carbocycles. The summed E-state index contributed by atoms with van der Waals surface area (Å²) in [5.41, 5.74) is -1.16. The Morgan fingerprint density at radius 3 is 1.88 bits per heavy atom. The Bertz CT molecular complexity index is 910. The average molecular weight is 582 g/mol. The molecule has 2 aromatic rings. The van der Waals surface area contributed by atoms with E-state index >= 15 is 0 Å². The SMILES string of the molecule is CCOC(=O)[C@]1(C([Se]c2ccccc2)[Se]c2ccccc2)C[C@@H](C(=O)OC)C[C@@H]1C(=O)OC. The number of carbonyl (C=O) groups excluding carboxylic acids is 3. The molecule has 1 fully saturated rings. The molecule has 0 saturated heterocycles. The van der Waals surface area contributed by atoms with Crippen molar-refractivity contribution in [1.82, 2.24) is 0 Å². The van der Waals surface area contributed by atoms with Gasteiger partial charge in [0.25, 0.3) is 0 Å². The topological polar surface area (TPSA) is 78.9 Å². The molecule has 8 heteroatoms. The Morgan fingerprint density at radius 2 is 1.42 bits per heavy atom. The molecule has 176 valence electrons. The number of esters is 3. The number of hydrogen-bond donors (Lipinski definition) is 0. The second kappa shape index (κ2) is 11.8. The Hall–Kier alpha value is -2.11. The first kappa shape index (κ1) is 25.5. The zero-order chi connectivity index (χ0) is 23.8. The zero-order valence-corrected chi connectivity index (χ0v) is 22.3. The molecular weight excluding hydrogens is 554 g/mol. The standard InChI is InChI=1S/C25H28O6Se2/c1-4-31-23(28)25(16-17(21(26)29-2)15-20(25)22(27)30-3)24(32-18-11-7-5-8-12-18)33-19-13-9-6-10-14-19/h5-14,17,20,24H,4,15-16H2,1-3H3/t17-,20+,25-/m0/s1. The first-order valence-electron chi connectivity index (χ1n) is 10.7. The predicted octanol–water partition coefficient (Wildman–Crippen LogP) is 1.71. The summed E-state index contributed by atoms with van der Waals surface area (Å²) >= 11 is -0.303. The number of benzene rings is 2. The van der Waals surface area contributed by atoms with Gasteiger partial charge in [-0.05, 0) is 0 Å². The molecule has 0 bridgehead atoms. The van der Waals surface area contributed by atoms with E-state index in [0.29, 0.717) is 0 Å². The maximum atomic E-state index is 13.7. The molecule has 3 rings (SSSR count). The van der Waals surface area contributed by atoms with Crippen LogP contribution in [0, 0.1) is 17.3 Å². The first-order chi connectivity index (χ1) is 16.0. The molecular formula is C25H28O6Se2. The van der Waals surface area contributed by atoms with Crippen molar-refractivity contribution in [3.05, 3.63) is 60.7 Å². The van der Waals surface area contributed by atoms with E-state index in [1.807, 2.05) is 60.7 Å². The maximum absolute atomic E-state index is 13.7. The zero-order valence-electron chi connectivity index (χ0n) is 18.9. The van der Waals surface area contributed by atoms with E-state index in [4.69, 9.17) is 14.2 Å². The molecule has 0 spiro atoms. The monoisotopic (exact) mass is 584 g/mol. The van der Waals surface area contributed by atoms with Gasteiger partial charge in [0.05, 0.1) is 0 Å². The normalized spacial score (nSPS) is 22.1. The molecule has 0 heterocycles. The van der Waals surface area contributed by atoms with Crippen LogP contribution in [0.25, 0.3) is 0 Å². The van der Waals surface area contributed by atoms with E-state index in [9.17, 15) is 14.4 Å². The Morgan fingerprint density at radius 1 is 0.909 bits per heavy atom. The van der Waals surface area contributed by atoms with Gasteiger partial charge >= 0.3 is 208 Å². The fraction of sp³-hybridized carbons (Fsp3) is 0.400. The fourth-order valence-electron chi connectivity index (χ4n) is 4.25. The van der Waals surface area contributed by atoms with E-state index in [2.05, 4.69) is 0 Å². The van der Waals surface area contributed by atoms with Crippen molar-refractivity contribution in [1.29, 1.82) is 0 Å². The van der Waals surface area contributed by atoms with Gasteiger partial charge in [-0.2, -0.15) is 0 Å². The van der Waals surface area contributed by atoms with E-state index in [-0.39, 0.29) is 53.1 Å². The third-order valence-corrected chi connectivity index (χ3v) is 12.8. The predicted molar refractivity (Wildman–Crippen MR) is 127 cm³/mol. The van der Waals surface area contributed by atoms with Crippen molar-refractivity contribution in [3.63, 3.8) is 0 Å². The molecule has 1 aliphatic rings. The molecule has 0 amide bonds. The van der Waals surface area contributed by atoms with Crippen molar-refractivity contribution in [3.8, 4) is 0 Å². The molecule has 0 aromatic heterocycles.